The SMILES string of the molecule is O=C(CN(CC1CCCO1)S(=O)(=O)C=Cc1ccccc1)N(Cc1ccc2c(c1)OCO2)Cc1ccco1. The minimum atomic E-state index is -3.91. The molecule has 0 N–H and O–H groups in total. The van der Waals surface area contributed by atoms with E-state index in [1.807, 2.05) is 42.5 Å². The van der Waals surface area contributed by atoms with Crippen LogP contribution in [0.2, 0.25) is 0 Å². The van der Waals surface area contributed by atoms with Gasteiger partial charge in [0.25, 0.3) is 0 Å². The number of amides is 1. The third-order valence-electron chi connectivity index (χ3n) is 6.42. The molecule has 3 heterocycles. The molecule has 2 aliphatic rings. The van der Waals surface area contributed by atoms with Crippen molar-refractivity contribution in [2.75, 3.05) is 26.5 Å². The predicted octanol–water partition coefficient (Wildman–Crippen LogP) is 4.02. The maximum Gasteiger partial charge on any atom is 0.238 e. The highest BCUT2D eigenvalue weighted by atomic mass is 32.2. The summed E-state index contributed by atoms with van der Waals surface area (Å²) in [5, 5.41) is 1.15. The number of carbonyl (C=O) groups is 1. The van der Waals surface area contributed by atoms with E-state index in [1.54, 1.807) is 29.4 Å². The number of nitrogens with zero attached hydrogens (tertiary/aromatic N) is 2. The Labute approximate surface area is 222 Å². The zero-order chi connectivity index (χ0) is 26.4. The molecule has 2 aliphatic heterocycles. The molecule has 38 heavy (non-hydrogen) atoms. The van der Waals surface area contributed by atoms with E-state index in [-0.39, 0.29) is 45.0 Å². The lowest BCUT2D eigenvalue weighted by Gasteiger charge is -2.27. The van der Waals surface area contributed by atoms with Crippen molar-refractivity contribution >= 4 is 22.0 Å². The van der Waals surface area contributed by atoms with Crippen LogP contribution in [-0.4, -0.2) is 56.1 Å². The van der Waals surface area contributed by atoms with Crippen molar-refractivity contribution < 1.29 is 31.8 Å². The van der Waals surface area contributed by atoms with Gasteiger partial charge in [0, 0.05) is 25.1 Å². The summed E-state index contributed by atoms with van der Waals surface area (Å²) in [6, 6.07) is 18.2. The molecule has 1 atom stereocenters. The molecule has 0 aliphatic carbocycles. The molecule has 3 aromatic rings. The number of ether oxygens (including phenoxy) is 3. The van der Waals surface area contributed by atoms with Crippen LogP contribution in [0.15, 0.2) is 76.8 Å². The van der Waals surface area contributed by atoms with E-state index in [9.17, 15) is 13.2 Å². The number of hydrogen-bond acceptors (Lipinski definition) is 7. The number of hydrogen-bond donors (Lipinski definition) is 0. The van der Waals surface area contributed by atoms with Crippen LogP contribution in [0, 0.1) is 0 Å². The van der Waals surface area contributed by atoms with Crippen LogP contribution in [0.1, 0.15) is 29.7 Å². The minimum absolute atomic E-state index is 0.103. The first-order chi connectivity index (χ1) is 18.5. The van der Waals surface area contributed by atoms with Crippen LogP contribution in [-0.2, 0) is 32.6 Å². The van der Waals surface area contributed by atoms with Gasteiger partial charge in [0.2, 0.25) is 22.7 Å². The summed E-state index contributed by atoms with van der Waals surface area (Å²) in [7, 11) is -3.91. The Balaban J connectivity index is 1.37. The van der Waals surface area contributed by atoms with Crippen LogP contribution in [0.3, 0.4) is 0 Å². The van der Waals surface area contributed by atoms with Gasteiger partial charge >= 0.3 is 0 Å². The molecule has 9 nitrogen and oxygen atoms in total. The lowest BCUT2D eigenvalue weighted by molar-refractivity contribution is -0.133. The monoisotopic (exact) mass is 538 g/mol. The number of benzene rings is 2. The molecule has 200 valence electrons. The summed E-state index contributed by atoms with van der Waals surface area (Å²) in [6.07, 6.45) is 4.43. The molecule has 5 rings (SSSR count). The summed E-state index contributed by atoms with van der Waals surface area (Å²) in [6.45, 7) is 0.942. The third-order valence-corrected chi connectivity index (χ3v) is 7.90. The fourth-order valence-corrected chi connectivity index (χ4v) is 5.59. The van der Waals surface area contributed by atoms with E-state index in [0.29, 0.717) is 23.9 Å². The maximum absolute atomic E-state index is 13.7. The Morgan fingerprint density at radius 2 is 1.84 bits per heavy atom. The molecule has 2 aromatic carbocycles. The number of rotatable bonds is 11. The topological polar surface area (TPSA) is 98.5 Å². The summed E-state index contributed by atoms with van der Waals surface area (Å²) in [5.41, 5.74) is 1.58. The Kier molecular flexibility index (Phi) is 8.11. The van der Waals surface area contributed by atoms with Gasteiger partial charge in [-0.1, -0.05) is 36.4 Å². The Hall–Kier alpha value is -3.60. The van der Waals surface area contributed by atoms with E-state index in [1.165, 1.54) is 10.4 Å². The molecule has 1 fully saturated rings. The van der Waals surface area contributed by atoms with Crippen molar-refractivity contribution in [1.29, 1.82) is 0 Å². The van der Waals surface area contributed by atoms with Gasteiger partial charge in [0.15, 0.2) is 11.5 Å². The van der Waals surface area contributed by atoms with Gasteiger partial charge < -0.3 is 23.5 Å². The molecule has 1 amide bonds. The molecular formula is C28H30N2O7S. The zero-order valence-electron chi connectivity index (χ0n) is 20.9. The van der Waals surface area contributed by atoms with Crippen molar-refractivity contribution in [2.24, 2.45) is 0 Å². The number of sulfonamides is 1. The molecule has 10 heteroatoms. The second-order valence-electron chi connectivity index (χ2n) is 9.20. The fourth-order valence-electron chi connectivity index (χ4n) is 4.42. The van der Waals surface area contributed by atoms with Gasteiger partial charge in [-0.2, -0.15) is 4.31 Å². The lowest BCUT2D eigenvalue weighted by atomic mass is 10.2. The van der Waals surface area contributed by atoms with Crippen LogP contribution in [0.5, 0.6) is 11.5 Å². The minimum Gasteiger partial charge on any atom is -0.467 e. The molecular weight excluding hydrogens is 508 g/mol. The second kappa shape index (κ2) is 11.8. The lowest BCUT2D eigenvalue weighted by Crippen LogP contribution is -2.44. The van der Waals surface area contributed by atoms with Gasteiger partial charge in [0.1, 0.15) is 5.76 Å². The van der Waals surface area contributed by atoms with Crippen LogP contribution < -0.4 is 9.47 Å². The third kappa shape index (κ3) is 6.63. The van der Waals surface area contributed by atoms with Crippen LogP contribution >= 0.6 is 0 Å². The van der Waals surface area contributed by atoms with Gasteiger partial charge in [0.05, 0.1) is 25.5 Å². The molecule has 1 saturated heterocycles. The van der Waals surface area contributed by atoms with Gasteiger partial charge in [-0.3, -0.25) is 4.79 Å². The highest BCUT2D eigenvalue weighted by Crippen LogP contribution is 2.33. The van der Waals surface area contributed by atoms with Crippen molar-refractivity contribution in [3.63, 3.8) is 0 Å². The first kappa shape index (κ1) is 26.0. The van der Waals surface area contributed by atoms with Crippen molar-refractivity contribution in [3.05, 3.63) is 89.2 Å². The Bertz CT molecular complexity index is 1350. The molecule has 0 saturated carbocycles. The summed E-state index contributed by atoms with van der Waals surface area (Å²) < 4.78 is 50.1. The van der Waals surface area contributed by atoms with Crippen molar-refractivity contribution in [1.82, 2.24) is 9.21 Å². The van der Waals surface area contributed by atoms with E-state index >= 15 is 0 Å². The van der Waals surface area contributed by atoms with E-state index < -0.39 is 10.0 Å². The predicted molar refractivity (Wildman–Crippen MR) is 140 cm³/mol. The number of furan rings is 1. The summed E-state index contributed by atoms with van der Waals surface area (Å²) >= 11 is 0. The van der Waals surface area contributed by atoms with Crippen molar-refractivity contribution in [2.45, 2.75) is 32.0 Å². The normalized spacial score (nSPS) is 16.9. The van der Waals surface area contributed by atoms with E-state index in [2.05, 4.69) is 0 Å². The maximum atomic E-state index is 13.7. The highest BCUT2D eigenvalue weighted by Gasteiger charge is 2.30. The first-order valence-corrected chi connectivity index (χ1v) is 14.0. The molecule has 0 spiro atoms. The zero-order valence-corrected chi connectivity index (χ0v) is 21.7. The Morgan fingerprint density at radius 1 is 1.00 bits per heavy atom. The standard InChI is InChI=1S/C28H30N2O7S/c31-28(29(18-24-8-4-13-34-24)17-23-10-11-26-27(16-23)37-21-36-26)20-30(19-25-9-5-14-35-25)38(32,33)15-12-22-6-2-1-3-7-22/h1-4,6-8,10-13,15-16,25H,5,9,14,17-21H2. The second-order valence-corrected chi connectivity index (χ2v) is 11.0. The first-order valence-electron chi connectivity index (χ1n) is 12.5. The highest BCUT2D eigenvalue weighted by molar-refractivity contribution is 7.92. The average molecular weight is 539 g/mol. The Morgan fingerprint density at radius 3 is 2.61 bits per heavy atom. The number of fused-ring (bicyclic) bond motifs is 1. The van der Waals surface area contributed by atoms with E-state index in [0.717, 1.165) is 29.4 Å². The number of carbonyl (C=O) groups excluding carboxylic acids is 1. The van der Waals surface area contributed by atoms with Gasteiger partial charge in [-0.15, -0.1) is 0 Å². The van der Waals surface area contributed by atoms with Crippen LogP contribution in [0.4, 0.5) is 0 Å². The largest absolute Gasteiger partial charge is 0.467 e. The van der Waals surface area contributed by atoms with Crippen LogP contribution in [0.25, 0.3) is 6.08 Å². The fraction of sp³-hybridized carbons (Fsp3) is 0.321. The molecule has 0 bridgehead atoms. The van der Waals surface area contributed by atoms with Gasteiger partial charge in [-0.05, 0) is 54.3 Å². The summed E-state index contributed by atoms with van der Waals surface area (Å²) in [4.78, 5) is 15.2. The summed E-state index contributed by atoms with van der Waals surface area (Å²) in [5.74, 6) is 1.50. The molecule has 0 radical (unpaired) electrons. The van der Waals surface area contributed by atoms with Gasteiger partial charge in [-0.25, -0.2) is 8.42 Å². The molecule has 1 aromatic heterocycles. The smallest absolute Gasteiger partial charge is 0.238 e. The molecule has 1 unspecified atom stereocenters. The van der Waals surface area contributed by atoms with Crippen molar-refractivity contribution in [3.8, 4) is 11.5 Å². The quantitative estimate of drug-likeness (QED) is 0.364. The van der Waals surface area contributed by atoms with E-state index in [4.69, 9.17) is 18.6 Å². The average Bonchev–Trinajstić information content (AvgIpc) is 3.70.